The number of carbonyl (C=O) groups is 4. The van der Waals surface area contributed by atoms with Gasteiger partial charge in [0.2, 0.25) is 5.78 Å². The third-order valence-corrected chi connectivity index (χ3v) is 14.1. The highest BCUT2D eigenvalue weighted by atomic mass is 32.1. The molecule has 2 aromatic rings. The van der Waals surface area contributed by atoms with Crippen LogP contribution in [0.3, 0.4) is 0 Å². The van der Waals surface area contributed by atoms with Gasteiger partial charge in [0.05, 0.1) is 40.6 Å². The van der Waals surface area contributed by atoms with E-state index >= 15 is 0 Å². The fraction of sp³-hybridized carbons (Fsp3) is 0.689. The second-order valence-corrected chi connectivity index (χ2v) is 18.2. The van der Waals surface area contributed by atoms with Gasteiger partial charge in [-0.3, -0.25) is 19.2 Å². The van der Waals surface area contributed by atoms with E-state index in [1.165, 1.54) is 99.7 Å². The molecular formula is C45H66N2O7S2. The minimum absolute atomic E-state index is 0.0944. The second-order valence-electron chi connectivity index (χ2n) is 16.0. The Bertz CT molecular complexity index is 1580. The van der Waals surface area contributed by atoms with Gasteiger partial charge in [-0.2, -0.15) is 0 Å². The van der Waals surface area contributed by atoms with Crippen LogP contribution in [0.5, 0.6) is 0 Å². The molecule has 1 aliphatic carbocycles. The third kappa shape index (κ3) is 12.4. The predicted octanol–water partition coefficient (Wildman–Crippen LogP) is 10.8. The molecule has 0 aromatic carbocycles. The Kier molecular flexibility index (Phi) is 18.3. The van der Waals surface area contributed by atoms with Crippen LogP contribution < -0.4 is 9.80 Å². The topological polar surface area (TPSA) is 113 Å². The maximum absolute atomic E-state index is 13.8. The van der Waals surface area contributed by atoms with Crippen molar-refractivity contribution in [2.24, 2.45) is 11.8 Å². The van der Waals surface area contributed by atoms with Crippen molar-refractivity contribution in [1.82, 2.24) is 0 Å². The smallest absolute Gasteiger partial charge is 0.309 e. The molecule has 1 atom stereocenters. The second kappa shape index (κ2) is 23.3. The normalized spacial score (nSPS) is 18.4. The van der Waals surface area contributed by atoms with Gasteiger partial charge in [0.25, 0.3) is 0 Å². The monoisotopic (exact) mass is 810 g/mol. The van der Waals surface area contributed by atoms with Crippen LogP contribution in [0.4, 0.5) is 10.0 Å². The molecule has 0 saturated carbocycles. The molecule has 310 valence electrons. The predicted molar refractivity (Wildman–Crippen MR) is 228 cm³/mol. The molecular weight excluding hydrogens is 745 g/mol. The lowest BCUT2D eigenvalue weighted by atomic mass is 9.97. The van der Waals surface area contributed by atoms with Crippen LogP contribution in [0.2, 0.25) is 0 Å². The molecule has 1 N–H and O–H groups in total. The summed E-state index contributed by atoms with van der Waals surface area (Å²) in [4.78, 5) is 58.2. The van der Waals surface area contributed by atoms with Crippen LogP contribution in [0.15, 0.2) is 30.0 Å². The van der Waals surface area contributed by atoms with E-state index in [1.807, 2.05) is 24.3 Å². The molecule has 11 heteroatoms. The average molecular weight is 811 g/mol. The number of anilines is 2. The number of aliphatic hydroxyl groups excluding tert-OH is 1. The number of ketones is 2. The highest BCUT2D eigenvalue weighted by Gasteiger charge is 2.44. The largest absolute Gasteiger partial charge is 0.504 e. The standard InChI is InChI=1S/C45H66N2O7S2/c1-3-5-7-9-11-13-15-17-31-53-44(51)33-23-27-46(28-24-33)37-21-19-35(55-37)39-41(48)40(43(50)42(39)49)36-20-22-38(56-36)47-29-25-34(26-30-47)45(52)54-32-18-16-14-12-10-8-6-4-2/h19-22,33-34,39,50H,3-18,23-32H2,1-2H3. The van der Waals surface area contributed by atoms with Crippen molar-refractivity contribution in [3.8, 4) is 0 Å². The summed E-state index contributed by atoms with van der Waals surface area (Å²) in [6.45, 7) is 8.26. The Morgan fingerprint density at radius 1 is 0.607 bits per heavy atom. The highest BCUT2D eigenvalue weighted by molar-refractivity contribution is 7.18. The molecule has 56 heavy (non-hydrogen) atoms. The summed E-state index contributed by atoms with van der Waals surface area (Å²) in [6, 6.07) is 7.51. The summed E-state index contributed by atoms with van der Waals surface area (Å²) < 4.78 is 11.2. The Balaban J connectivity index is 1.03. The van der Waals surface area contributed by atoms with E-state index in [0.29, 0.717) is 74.8 Å². The number of unbranched alkanes of at least 4 members (excludes halogenated alkanes) is 14. The maximum atomic E-state index is 13.8. The maximum Gasteiger partial charge on any atom is 0.309 e. The first-order valence-electron chi connectivity index (χ1n) is 21.9. The quantitative estimate of drug-likeness (QED) is 0.0629. The Hall–Kier alpha value is -3.18. The lowest BCUT2D eigenvalue weighted by Gasteiger charge is -2.31. The summed E-state index contributed by atoms with van der Waals surface area (Å²) in [6.07, 6.45) is 22.2. The number of aliphatic hydroxyl groups is 1. The first-order chi connectivity index (χ1) is 27.3. The molecule has 2 aliphatic heterocycles. The number of nitrogens with zero attached hydrogens (tertiary/aromatic N) is 2. The molecule has 9 nitrogen and oxygen atoms in total. The van der Waals surface area contributed by atoms with Gasteiger partial charge in [-0.25, -0.2) is 0 Å². The molecule has 1 unspecified atom stereocenters. The fourth-order valence-electron chi connectivity index (χ4n) is 8.16. The number of rotatable bonds is 24. The van der Waals surface area contributed by atoms with Crippen LogP contribution in [-0.2, 0) is 28.7 Å². The number of Topliss-reactive ketones (excluding diaryl/α,β-unsaturated/α-hetero) is 2. The first-order valence-corrected chi connectivity index (χ1v) is 23.5. The van der Waals surface area contributed by atoms with Crippen molar-refractivity contribution in [1.29, 1.82) is 0 Å². The van der Waals surface area contributed by atoms with Crippen molar-refractivity contribution in [3.63, 3.8) is 0 Å². The lowest BCUT2D eigenvalue weighted by molar-refractivity contribution is -0.150. The van der Waals surface area contributed by atoms with Crippen LogP contribution in [0.25, 0.3) is 5.57 Å². The van der Waals surface area contributed by atoms with Gasteiger partial charge in [0.15, 0.2) is 11.5 Å². The Morgan fingerprint density at radius 2 is 1.04 bits per heavy atom. The van der Waals surface area contributed by atoms with E-state index in [0.717, 1.165) is 35.7 Å². The van der Waals surface area contributed by atoms with Crippen molar-refractivity contribution in [2.75, 3.05) is 49.2 Å². The van der Waals surface area contributed by atoms with Crippen molar-refractivity contribution in [2.45, 2.75) is 148 Å². The Labute approximate surface area is 343 Å². The number of thiophene rings is 2. The van der Waals surface area contributed by atoms with E-state index in [1.54, 1.807) is 0 Å². The zero-order chi connectivity index (χ0) is 39.7. The van der Waals surface area contributed by atoms with E-state index < -0.39 is 17.5 Å². The number of carbonyl (C=O) groups excluding carboxylic acids is 4. The minimum Gasteiger partial charge on any atom is -0.504 e. The average Bonchev–Trinajstić information content (AvgIpc) is 3.95. The molecule has 0 radical (unpaired) electrons. The number of ether oxygens (including phenoxy) is 2. The van der Waals surface area contributed by atoms with Gasteiger partial charge < -0.3 is 24.4 Å². The van der Waals surface area contributed by atoms with Gasteiger partial charge in [0.1, 0.15) is 5.92 Å². The van der Waals surface area contributed by atoms with Crippen molar-refractivity contribution in [3.05, 3.63) is 39.8 Å². The fourth-order valence-corrected chi connectivity index (χ4v) is 10.4. The van der Waals surface area contributed by atoms with Crippen molar-refractivity contribution < 1.29 is 33.8 Å². The molecule has 0 amide bonds. The zero-order valence-corrected chi connectivity index (χ0v) is 35.7. The van der Waals surface area contributed by atoms with Crippen molar-refractivity contribution >= 4 is 61.8 Å². The number of piperidine rings is 2. The van der Waals surface area contributed by atoms with Gasteiger partial charge in [-0.1, -0.05) is 104 Å². The van der Waals surface area contributed by atoms with E-state index in [4.69, 9.17) is 9.47 Å². The van der Waals surface area contributed by atoms with Crippen LogP contribution >= 0.6 is 22.7 Å². The van der Waals surface area contributed by atoms with Gasteiger partial charge in [-0.05, 0) is 62.8 Å². The van der Waals surface area contributed by atoms with Crippen LogP contribution in [-0.4, -0.2) is 68.0 Å². The lowest BCUT2D eigenvalue weighted by Crippen LogP contribution is -2.36. The molecule has 2 aromatic heterocycles. The summed E-state index contributed by atoms with van der Waals surface area (Å²) >= 11 is 2.81. The number of esters is 2. The first kappa shape index (κ1) is 43.9. The zero-order valence-electron chi connectivity index (χ0n) is 34.0. The summed E-state index contributed by atoms with van der Waals surface area (Å²) in [5.41, 5.74) is 0.0944. The number of hydrogen-bond donors (Lipinski definition) is 1. The molecule has 0 bridgehead atoms. The summed E-state index contributed by atoms with van der Waals surface area (Å²) in [5, 5.41) is 12.9. The molecule has 5 rings (SSSR count). The van der Waals surface area contributed by atoms with E-state index in [2.05, 4.69) is 23.6 Å². The molecule has 2 saturated heterocycles. The molecule has 3 aliphatic rings. The molecule has 4 heterocycles. The van der Waals surface area contributed by atoms with Crippen LogP contribution in [0.1, 0.15) is 158 Å². The number of allylic oxidation sites excluding steroid dienone is 2. The van der Waals surface area contributed by atoms with Crippen LogP contribution in [0, 0.1) is 11.8 Å². The summed E-state index contributed by atoms with van der Waals surface area (Å²) in [5.74, 6) is -2.84. The van der Waals surface area contributed by atoms with E-state index in [-0.39, 0.29) is 35.1 Å². The van der Waals surface area contributed by atoms with E-state index in [9.17, 15) is 24.3 Å². The van der Waals surface area contributed by atoms with Gasteiger partial charge >= 0.3 is 11.9 Å². The minimum atomic E-state index is -1.05. The molecule has 0 spiro atoms. The third-order valence-electron chi connectivity index (χ3n) is 11.7. The van der Waals surface area contributed by atoms with Gasteiger partial charge in [0, 0.05) is 35.9 Å². The Morgan fingerprint density at radius 3 is 1.52 bits per heavy atom. The molecule has 2 fully saturated rings. The number of hydrogen-bond acceptors (Lipinski definition) is 11. The highest BCUT2D eigenvalue weighted by Crippen LogP contribution is 2.44. The SMILES string of the molecule is CCCCCCCCCCOC(=O)C1CCN(c2ccc(C3=C(O)C(=O)C(c4ccc(N5CCC(C(=O)OCCCCCCCCCC)CC5)s4)C3=O)s2)CC1. The summed E-state index contributed by atoms with van der Waals surface area (Å²) in [7, 11) is 0. The van der Waals surface area contributed by atoms with Gasteiger partial charge in [-0.15, -0.1) is 22.7 Å².